The molecular weight excluding hydrogens is 281 g/mol. The first kappa shape index (κ1) is 16.7. The molecule has 0 bridgehead atoms. The molecule has 2 atom stereocenters. The van der Waals surface area contributed by atoms with E-state index in [1.54, 1.807) is 6.92 Å². The van der Waals surface area contributed by atoms with Gasteiger partial charge >= 0.3 is 12.1 Å². The second kappa shape index (κ2) is 5.57. The summed E-state index contributed by atoms with van der Waals surface area (Å²) < 4.78 is 43.0. The molecule has 0 aromatic heterocycles. The molecule has 0 fully saturated rings. The largest absolute Gasteiger partial charge is 0.466 e. The van der Waals surface area contributed by atoms with Gasteiger partial charge in [0.15, 0.2) is 0 Å². The van der Waals surface area contributed by atoms with Crippen LogP contribution < -0.4 is 5.32 Å². The first-order valence-electron chi connectivity index (χ1n) is 6.03. The quantitative estimate of drug-likeness (QED) is 0.664. The molecule has 0 aromatic rings. The van der Waals surface area contributed by atoms with E-state index in [4.69, 9.17) is 0 Å². The third kappa shape index (κ3) is 4.07. The van der Waals surface area contributed by atoms with Crippen LogP contribution in [-0.2, 0) is 9.53 Å². The van der Waals surface area contributed by atoms with Gasteiger partial charge in [-0.15, -0.1) is 0 Å². The molecule has 1 rings (SSSR count). The zero-order chi connectivity index (χ0) is 15.6. The molecule has 6 nitrogen and oxygen atoms in total. The highest BCUT2D eigenvalue weighted by molar-refractivity contribution is 5.87. The van der Waals surface area contributed by atoms with Gasteiger partial charge in [-0.3, -0.25) is 4.79 Å². The molecule has 20 heavy (non-hydrogen) atoms. The van der Waals surface area contributed by atoms with Gasteiger partial charge < -0.3 is 20.3 Å². The van der Waals surface area contributed by atoms with E-state index >= 15 is 0 Å². The van der Waals surface area contributed by atoms with Crippen LogP contribution in [0.15, 0.2) is 4.99 Å². The molecule has 0 aromatic carbocycles. The normalized spacial score (nSPS) is 30.4. The van der Waals surface area contributed by atoms with Crippen molar-refractivity contribution < 1.29 is 32.9 Å². The summed E-state index contributed by atoms with van der Waals surface area (Å²) in [6.45, 7) is 2.84. The molecule has 0 aliphatic carbocycles. The average molecular weight is 298 g/mol. The van der Waals surface area contributed by atoms with Crippen LogP contribution in [0, 0.1) is 0 Å². The zero-order valence-electron chi connectivity index (χ0n) is 11.1. The standard InChI is InChI=1S/C11H17F3N2O4/c1-3-20-8(17)5-4-7-15-9(2,18)6-10(19,16-7)11(12,13)14/h18-19H,3-6H2,1-2H3,(H,15,16). The van der Waals surface area contributed by atoms with Crippen molar-refractivity contribution in [2.75, 3.05) is 6.61 Å². The Balaban J connectivity index is 2.86. The smallest absolute Gasteiger partial charge is 0.438 e. The van der Waals surface area contributed by atoms with E-state index in [0.29, 0.717) is 0 Å². The number of hydrogen-bond donors (Lipinski definition) is 3. The summed E-state index contributed by atoms with van der Waals surface area (Å²) in [6, 6.07) is 0. The molecule has 2 unspecified atom stereocenters. The minimum atomic E-state index is -5.02. The Bertz CT molecular complexity index is 409. The lowest BCUT2D eigenvalue weighted by atomic mass is 9.98. The molecular formula is C11H17F3N2O4. The Kier molecular flexibility index (Phi) is 4.65. The van der Waals surface area contributed by atoms with Crippen LogP contribution in [-0.4, -0.2) is 46.3 Å². The number of aliphatic hydroxyl groups is 2. The van der Waals surface area contributed by atoms with Crippen LogP contribution in [0.3, 0.4) is 0 Å². The summed E-state index contributed by atoms with van der Waals surface area (Å²) in [7, 11) is 0. The number of nitrogens with zero attached hydrogens (tertiary/aromatic N) is 1. The van der Waals surface area contributed by atoms with Gasteiger partial charge in [0.1, 0.15) is 11.6 Å². The van der Waals surface area contributed by atoms with Gasteiger partial charge in [0.05, 0.1) is 19.4 Å². The monoisotopic (exact) mass is 298 g/mol. The highest BCUT2D eigenvalue weighted by Gasteiger charge is 2.59. The third-order valence-electron chi connectivity index (χ3n) is 2.65. The molecule has 0 radical (unpaired) electrons. The van der Waals surface area contributed by atoms with Gasteiger partial charge in [0, 0.05) is 6.42 Å². The molecule has 0 amide bonds. The van der Waals surface area contributed by atoms with Crippen LogP contribution in [0.2, 0.25) is 0 Å². The van der Waals surface area contributed by atoms with Crippen molar-refractivity contribution >= 4 is 11.8 Å². The number of amidine groups is 1. The van der Waals surface area contributed by atoms with Crippen molar-refractivity contribution in [3.8, 4) is 0 Å². The van der Waals surface area contributed by atoms with Crippen molar-refractivity contribution in [1.82, 2.24) is 5.32 Å². The van der Waals surface area contributed by atoms with Crippen LogP contribution in [0.1, 0.15) is 33.1 Å². The van der Waals surface area contributed by atoms with Crippen molar-refractivity contribution in [2.45, 2.75) is 50.7 Å². The Morgan fingerprint density at radius 1 is 1.50 bits per heavy atom. The molecule has 0 saturated heterocycles. The molecule has 9 heteroatoms. The second-order valence-corrected chi connectivity index (χ2v) is 4.75. The number of carbonyl (C=O) groups is 1. The van der Waals surface area contributed by atoms with Crippen molar-refractivity contribution in [1.29, 1.82) is 0 Å². The van der Waals surface area contributed by atoms with Crippen molar-refractivity contribution in [3.05, 3.63) is 0 Å². The minimum absolute atomic E-state index is 0.156. The van der Waals surface area contributed by atoms with E-state index in [-0.39, 0.29) is 25.3 Å². The lowest BCUT2D eigenvalue weighted by molar-refractivity contribution is -0.275. The number of halogens is 3. The Morgan fingerprint density at radius 3 is 2.60 bits per heavy atom. The van der Waals surface area contributed by atoms with E-state index < -0.39 is 30.0 Å². The van der Waals surface area contributed by atoms with Gasteiger partial charge in [-0.05, 0) is 13.8 Å². The number of aliphatic imine (C=N–C) groups is 1. The molecule has 3 N–H and O–H groups in total. The molecule has 0 saturated carbocycles. The number of rotatable bonds is 4. The number of alkyl halides is 3. The van der Waals surface area contributed by atoms with Crippen molar-refractivity contribution in [3.63, 3.8) is 0 Å². The fourth-order valence-corrected chi connectivity index (χ4v) is 1.86. The van der Waals surface area contributed by atoms with Gasteiger partial charge in [-0.25, -0.2) is 4.99 Å². The maximum Gasteiger partial charge on any atom is 0.438 e. The second-order valence-electron chi connectivity index (χ2n) is 4.75. The maximum atomic E-state index is 12.8. The number of carbonyl (C=O) groups excluding carboxylic acids is 1. The number of esters is 1. The molecule has 1 heterocycles. The van der Waals surface area contributed by atoms with E-state index in [2.05, 4.69) is 15.0 Å². The van der Waals surface area contributed by atoms with Crippen molar-refractivity contribution in [2.24, 2.45) is 4.99 Å². The third-order valence-corrected chi connectivity index (χ3v) is 2.65. The van der Waals surface area contributed by atoms with Crippen LogP contribution in [0.25, 0.3) is 0 Å². The topological polar surface area (TPSA) is 91.2 Å². The molecule has 116 valence electrons. The summed E-state index contributed by atoms with van der Waals surface area (Å²) in [5.74, 6) is -0.896. The predicted molar refractivity (Wildman–Crippen MR) is 62.7 cm³/mol. The lowest BCUT2D eigenvalue weighted by Gasteiger charge is -2.39. The van der Waals surface area contributed by atoms with Gasteiger partial charge in [-0.2, -0.15) is 13.2 Å². The summed E-state index contributed by atoms with van der Waals surface area (Å²) in [5, 5.41) is 21.7. The Morgan fingerprint density at radius 2 is 2.10 bits per heavy atom. The summed E-state index contributed by atoms with van der Waals surface area (Å²) in [5.41, 5.74) is -5.35. The minimum Gasteiger partial charge on any atom is -0.466 e. The summed E-state index contributed by atoms with van der Waals surface area (Å²) in [4.78, 5) is 14.3. The van der Waals surface area contributed by atoms with Gasteiger partial charge in [0.25, 0.3) is 5.72 Å². The predicted octanol–water partition coefficient (Wildman–Crippen LogP) is 0.681. The number of hydrogen-bond acceptors (Lipinski definition) is 6. The Hall–Kier alpha value is -1.35. The lowest BCUT2D eigenvalue weighted by Crippen LogP contribution is -2.60. The highest BCUT2D eigenvalue weighted by atomic mass is 19.4. The fraction of sp³-hybridized carbons (Fsp3) is 0.818. The van der Waals surface area contributed by atoms with E-state index in [0.717, 1.165) is 6.92 Å². The molecule has 1 aliphatic rings. The SMILES string of the molecule is CCOC(=O)CCC1=NC(O)(C(F)(F)F)CC(C)(O)N1. The number of nitrogens with one attached hydrogen (secondary N) is 1. The number of ether oxygens (including phenoxy) is 1. The van der Waals surface area contributed by atoms with E-state index in [1.165, 1.54) is 0 Å². The van der Waals surface area contributed by atoms with E-state index in [9.17, 15) is 28.2 Å². The van der Waals surface area contributed by atoms with Crippen LogP contribution in [0.5, 0.6) is 0 Å². The first-order chi connectivity index (χ1) is 8.99. The van der Waals surface area contributed by atoms with Crippen LogP contribution in [0.4, 0.5) is 13.2 Å². The Labute approximate surface area is 113 Å². The molecule has 0 spiro atoms. The maximum absolute atomic E-state index is 12.8. The summed E-state index contributed by atoms with van der Waals surface area (Å²) >= 11 is 0. The van der Waals surface area contributed by atoms with E-state index in [1.807, 2.05) is 0 Å². The van der Waals surface area contributed by atoms with Gasteiger partial charge in [-0.1, -0.05) is 0 Å². The van der Waals surface area contributed by atoms with Crippen LogP contribution >= 0.6 is 0 Å². The van der Waals surface area contributed by atoms with Gasteiger partial charge in [0.2, 0.25) is 0 Å². The average Bonchev–Trinajstić information content (AvgIpc) is 2.22. The fourth-order valence-electron chi connectivity index (χ4n) is 1.86. The first-order valence-corrected chi connectivity index (χ1v) is 6.03. The highest BCUT2D eigenvalue weighted by Crippen LogP contribution is 2.39. The summed E-state index contributed by atoms with van der Waals surface area (Å²) in [6.07, 6.45) is -6.46. The zero-order valence-corrected chi connectivity index (χ0v) is 11.1. The molecule has 1 aliphatic heterocycles.